The van der Waals surface area contributed by atoms with Crippen LogP contribution < -0.4 is 19.7 Å². The lowest BCUT2D eigenvalue weighted by Crippen LogP contribution is -2.31. The van der Waals surface area contributed by atoms with Gasteiger partial charge in [0.15, 0.2) is 6.61 Å². The Balaban J connectivity index is 1.40. The maximum Gasteiger partial charge on any atom is 0.338 e. The molecule has 0 saturated carbocycles. The Bertz CT molecular complexity index is 1150. The first-order valence-electron chi connectivity index (χ1n) is 10.7. The van der Waals surface area contributed by atoms with Crippen LogP contribution in [0, 0.1) is 11.8 Å². The van der Waals surface area contributed by atoms with Crippen molar-refractivity contribution in [2.75, 3.05) is 31.0 Å². The molecule has 0 aromatic heterocycles. The average molecular weight is 464 g/mol. The van der Waals surface area contributed by atoms with Crippen molar-refractivity contribution in [2.45, 2.75) is 12.8 Å². The fraction of sp³-hybridized carbons (Fsp3) is 0.280. The predicted molar refractivity (Wildman–Crippen MR) is 123 cm³/mol. The summed E-state index contributed by atoms with van der Waals surface area (Å²) in [4.78, 5) is 51.6. The first kappa shape index (κ1) is 23.0. The second-order valence-corrected chi connectivity index (χ2v) is 7.91. The molecule has 2 aromatic rings. The number of rotatable bonds is 7. The van der Waals surface area contributed by atoms with Crippen molar-refractivity contribution in [1.29, 1.82) is 0 Å². The molecule has 3 amide bonds. The molecule has 0 bridgehead atoms. The number of nitrogens with zero attached hydrogens (tertiary/aromatic N) is 1. The highest BCUT2D eigenvalue weighted by molar-refractivity contribution is 6.22. The van der Waals surface area contributed by atoms with Crippen molar-refractivity contribution in [2.24, 2.45) is 11.8 Å². The number of anilines is 2. The van der Waals surface area contributed by atoms with Crippen molar-refractivity contribution >= 4 is 35.1 Å². The molecule has 0 unspecified atom stereocenters. The molecule has 0 spiro atoms. The van der Waals surface area contributed by atoms with Gasteiger partial charge in [0.2, 0.25) is 11.8 Å². The monoisotopic (exact) mass is 464 g/mol. The van der Waals surface area contributed by atoms with Gasteiger partial charge in [0, 0.05) is 6.07 Å². The van der Waals surface area contributed by atoms with E-state index in [2.05, 4.69) is 5.32 Å². The van der Waals surface area contributed by atoms with Gasteiger partial charge in [-0.15, -0.1) is 0 Å². The third-order valence-electron chi connectivity index (χ3n) is 5.86. The molecule has 1 heterocycles. The fourth-order valence-electron chi connectivity index (χ4n) is 4.13. The van der Waals surface area contributed by atoms with Crippen LogP contribution in [0.1, 0.15) is 23.2 Å². The Hall–Kier alpha value is -4.14. The van der Waals surface area contributed by atoms with E-state index in [9.17, 15) is 19.2 Å². The normalized spacial score (nSPS) is 18.9. The molecule has 2 aromatic carbocycles. The van der Waals surface area contributed by atoms with Crippen LogP contribution in [0.25, 0.3) is 0 Å². The van der Waals surface area contributed by atoms with Gasteiger partial charge < -0.3 is 19.5 Å². The first-order valence-corrected chi connectivity index (χ1v) is 10.7. The summed E-state index contributed by atoms with van der Waals surface area (Å²) in [6.07, 6.45) is 4.88. The van der Waals surface area contributed by atoms with Crippen LogP contribution in [0.15, 0.2) is 54.6 Å². The third kappa shape index (κ3) is 4.50. The molecular weight excluding hydrogens is 440 g/mol. The number of benzene rings is 2. The van der Waals surface area contributed by atoms with E-state index in [1.807, 2.05) is 12.2 Å². The number of esters is 1. The highest BCUT2D eigenvalue weighted by atomic mass is 16.5. The second-order valence-electron chi connectivity index (χ2n) is 7.91. The van der Waals surface area contributed by atoms with E-state index in [0.29, 0.717) is 35.7 Å². The molecule has 34 heavy (non-hydrogen) atoms. The van der Waals surface area contributed by atoms with E-state index >= 15 is 0 Å². The largest absolute Gasteiger partial charge is 0.497 e. The Morgan fingerprint density at radius 2 is 1.68 bits per heavy atom. The Labute approximate surface area is 196 Å². The van der Waals surface area contributed by atoms with Gasteiger partial charge in [-0.2, -0.15) is 0 Å². The van der Waals surface area contributed by atoms with E-state index < -0.39 is 18.5 Å². The SMILES string of the molecule is COc1ccc(NC(=O)COC(=O)c2cccc(N3C(=O)[C@H]4CC=CC[C@@H]4C3=O)c2)c(OC)c1. The molecule has 2 atom stereocenters. The summed E-state index contributed by atoms with van der Waals surface area (Å²) in [5.41, 5.74) is 0.834. The molecule has 1 N–H and O–H groups in total. The highest BCUT2D eigenvalue weighted by Crippen LogP contribution is 2.37. The van der Waals surface area contributed by atoms with Crippen LogP contribution in [0.4, 0.5) is 11.4 Å². The van der Waals surface area contributed by atoms with Crippen LogP contribution in [0.5, 0.6) is 11.5 Å². The molecule has 176 valence electrons. The summed E-state index contributed by atoms with van der Waals surface area (Å²) in [5.74, 6) is -1.63. The molecule has 9 nitrogen and oxygen atoms in total. The maximum absolute atomic E-state index is 12.8. The lowest BCUT2D eigenvalue weighted by Gasteiger charge is -2.15. The number of allylic oxidation sites excluding steroid dienone is 2. The maximum atomic E-state index is 12.8. The van der Waals surface area contributed by atoms with Crippen LogP contribution in [-0.2, 0) is 19.1 Å². The first-order chi connectivity index (χ1) is 16.4. The minimum absolute atomic E-state index is 0.126. The Morgan fingerprint density at radius 1 is 0.971 bits per heavy atom. The van der Waals surface area contributed by atoms with Gasteiger partial charge in [-0.25, -0.2) is 4.79 Å². The number of nitrogens with one attached hydrogen (secondary N) is 1. The number of fused-ring (bicyclic) bond motifs is 1. The van der Waals surface area contributed by atoms with Crippen molar-refractivity contribution in [3.63, 3.8) is 0 Å². The summed E-state index contributed by atoms with van der Waals surface area (Å²) in [6.45, 7) is -0.532. The minimum atomic E-state index is -0.753. The summed E-state index contributed by atoms with van der Waals surface area (Å²) >= 11 is 0. The lowest BCUT2D eigenvalue weighted by molar-refractivity contribution is -0.122. The van der Waals surface area contributed by atoms with Crippen LogP contribution >= 0.6 is 0 Å². The molecule has 4 rings (SSSR count). The van der Waals surface area contributed by atoms with Gasteiger partial charge in [-0.05, 0) is 43.2 Å². The van der Waals surface area contributed by atoms with E-state index in [-0.39, 0.29) is 29.2 Å². The fourth-order valence-corrected chi connectivity index (χ4v) is 4.13. The topological polar surface area (TPSA) is 111 Å². The third-order valence-corrected chi connectivity index (χ3v) is 5.86. The molecule has 9 heteroatoms. The molecule has 1 aliphatic carbocycles. The number of amides is 3. The number of carbonyl (C=O) groups is 4. The predicted octanol–water partition coefficient (Wildman–Crippen LogP) is 2.95. The number of carbonyl (C=O) groups excluding carboxylic acids is 4. The number of imide groups is 1. The summed E-state index contributed by atoms with van der Waals surface area (Å²) in [7, 11) is 2.97. The van der Waals surface area contributed by atoms with Gasteiger partial charge in [-0.1, -0.05) is 18.2 Å². The van der Waals surface area contributed by atoms with Crippen LogP contribution in [0.2, 0.25) is 0 Å². The Kier molecular flexibility index (Phi) is 6.62. The average Bonchev–Trinajstić information content (AvgIpc) is 3.12. The zero-order valence-corrected chi connectivity index (χ0v) is 18.8. The summed E-state index contributed by atoms with van der Waals surface area (Å²) in [5, 5.41) is 2.62. The van der Waals surface area contributed by atoms with Crippen molar-refractivity contribution < 1.29 is 33.4 Å². The molecule has 1 saturated heterocycles. The van der Waals surface area contributed by atoms with Crippen LogP contribution in [-0.4, -0.2) is 44.5 Å². The van der Waals surface area contributed by atoms with Gasteiger partial charge in [0.25, 0.3) is 5.91 Å². The van der Waals surface area contributed by atoms with Gasteiger partial charge in [-0.3, -0.25) is 19.3 Å². The van der Waals surface area contributed by atoms with Crippen molar-refractivity contribution in [1.82, 2.24) is 0 Å². The van der Waals surface area contributed by atoms with E-state index in [1.165, 1.54) is 26.4 Å². The highest BCUT2D eigenvalue weighted by Gasteiger charge is 2.47. The summed E-state index contributed by atoms with van der Waals surface area (Å²) < 4.78 is 15.5. The molecule has 0 radical (unpaired) electrons. The number of hydrogen-bond acceptors (Lipinski definition) is 7. The smallest absolute Gasteiger partial charge is 0.338 e. The van der Waals surface area contributed by atoms with Gasteiger partial charge in [0.05, 0.1) is 43.0 Å². The zero-order valence-electron chi connectivity index (χ0n) is 18.8. The van der Waals surface area contributed by atoms with Crippen molar-refractivity contribution in [3.8, 4) is 11.5 Å². The molecule has 1 aliphatic heterocycles. The summed E-state index contributed by atoms with van der Waals surface area (Å²) in [6, 6.07) is 11.0. The molecular formula is C25H24N2O7. The molecule has 2 aliphatic rings. The minimum Gasteiger partial charge on any atom is -0.497 e. The zero-order chi connectivity index (χ0) is 24.2. The van der Waals surface area contributed by atoms with E-state index in [1.54, 1.807) is 30.3 Å². The number of hydrogen-bond donors (Lipinski definition) is 1. The van der Waals surface area contributed by atoms with Gasteiger partial charge >= 0.3 is 5.97 Å². The lowest BCUT2D eigenvalue weighted by atomic mass is 9.85. The number of methoxy groups -OCH3 is 2. The Morgan fingerprint density at radius 3 is 2.32 bits per heavy atom. The number of ether oxygens (including phenoxy) is 3. The van der Waals surface area contributed by atoms with Crippen LogP contribution in [0.3, 0.4) is 0 Å². The quantitative estimate of drug-likeness (QED) is 0.381. The van der Waals surface area contributed by atoms with E-state index in [0.717, 1.165) is 4.90 Å². The second kappa shape index (κ2) is 9.78. The molecule has 1 fully saturated rings. The van der Waals surface area contributed by atoms with Crippen molar-refractivity contribution in [3.05, 3.63) is 60.2 Å². The van der Waals surface area contributed by atoms with Gasteiger partial charge in [0.1, 0.15) is 11.5 Å². The standard InChI is InChI=1S/C25H24N2O7/c1-32-17-10-11-20(21(13-17)33-2)26-22(28)14-34-25(31)15-6-5-7-16(12-15)27-23(29)18-8-3-4-9-19(18)24(27)30/h3-7,10-13,18-19H,8-9,14H2,1-2H3,(H,26,28)/t18-,19-/m0/s1. The van der Waals surface area contributed by atoms with E-state index in [4.69, 9.17) is 14.2 Å².